The van der Waals surface area contributed by atoms with Crippen LogP contribution in [0.25, 0.3) is 10.3 Å². The molecule has 1 amide bonds. The van der Waals surface area contributed by atoms with Crippen molar-refractivity contribution in [3.63, 3.8) is 0 Å². The summed E-state index contributed by atoms with van der Waals surface area (Å²) in [4.78, 5) is 35.6. The molecule has 0 radical (unpaired) electrons. The molecule has 2 heterocycles. The fraction of sp³-hybridized carbons (Fsp3) is 0.294. The Morgan fingerprint density at radius 3 is 2.62 bits per heavy atom. The Morgan fingerprint density at radius 2 is 1.96 bits per heavy atom. The van der Waals surface area contributed by atoms with Crippen LogP contribution < -0.4 is 15.8 Å². The van der Waals surface area contributed by atoms with Crippen molar-refractivity contribution in [3.05, 3.63) is 46.0 Å². The van der Waals surface area contributed by atoms with Crippen LogP contribution in [0.3, 0.4) is 0 Å². The Bertz CT molecular complexity index is 979. The maximum absolute atomic E-state index is 12.7. The second-order valence-electron chi connectivity index (χ2n) is 5.55. The Morgan fingerprint density at radius 1 is 1.27 bits per heavy atom. The monoisotopic (exact) mass is 391 g/mol. The van der Waals surface area contributed by atoms with Crippen LogP contribution in [0.5, 0.6) is 0 Å². The van der Waals surface area contributed by atoms with E-state index in [9.17, 15) is 9.59 Å². The van der Waals surface area contributed by atoms with E-state index in [-0.39, 0.29) is 18.0 Å². The Hall–Kier alpha value is -2.45. The lowest BCUT2D eigenvalue weighted by Gasteiger charge is -2.15. The molecule has 0 aliphatic carbocycles. The highest BCUT2D eigenvalue weighted by atomic mass is 35.5. The minimum atomic E-state index is -0.316. The van der Waals surface area contributed by atoms with Crippen molar-refractivity contribution < 1.29 is 4.79 Å². The zero-order valence-electron chi connectivity index (χ0n) is 14.4. The van der Waals surface area contributed by atoms with Gasteiger partial charge in [-0.05, 0) is 38.1 Å². The third kappa shape index (κ3) is 3.86. The van der Waals surface area contributed by atoms with Crippen LogP contribution >= 0.6 is 22.9 Å². The number of carbonyl (C=O) groups is 1. The van der Waals surface area contributed by atoms with Gasteiger partial charge in [-0.3, -0.25) is 14.2 Å². The molecule has 0 fully saturated rings. The Labute approximate surface area is 159 Å². The molecule has 7 nitrogen and oxygen atoms in total. The quantitative estimate of drug-likeness (QED) is 0.698. The molecule has 9 heteroatoms. The first-order chi connectivity index (χ1) is 12.5. The van der Waals surface area contributed by atoms with Crippen LogP contribution in [0, 0.1) is 0 Å². The van der Waals surface area contributed by atoms with Gasteiger partial charge >= 0.3 is 0 Å². The smallest absolute Gasteiger partial charge is 0.273 e. The van der Waals surface area contributed by atoms with Crippen molar-refractivity contribution in [2.24, 2.45) is 0 Å². The number of amides is 1. The zero-order valence-corrected chi connectivity index (χ0v) is 16.0. The minimum absolute atomic E-state index is 0.122. The molecule has 3 rings (SSSR count). The third-order valence-corrected chi connectivity index (χ3v) is 5.19. The fourth-order valence-electron chi connectivity index (χ4n) is 2.47. The Kier molecular flexibility index (Phi) is 5.53. The van der Waals surface area contributed by atoms with Crippen molar-refractivity contribution >= 4 is 50.0 Å². The molecule has 0 spiro atoms. The predicted molar refractivity (Wildman–Crippen MR) is 105 cm³/mol. The van der Waals surface area contributed by atoms with E-state index in [1.54, 1.807) is 24.3 Å². The molecule has 1 N–H and O–H groups in total. The second-order valence-corrected chi connectivity index (χ2v) is 6.97. The van der Waals surface area contributed by atoms with E-state index < -0.39 is 0 Å². The van der Waals surface area contributed by atoms with Gasteiger partial charge in [0.2, 0.25) is 5.91 Å². The number of rotatable bonds is 6. The molecule has 3 aromatic rings. The number of nitrogens with one attached hydrogen (secondary N) is 1. The number of halogens is 1. The number of benzene rings is 1. The average Bonchev–Trinajstić information content (AvgIpc) is 3.05. The summed E-state index contributed by atoms with van der Waals surface area (Å²) in [7, 11) is 0. The fourth-order valence-corrected chi connectivity index (χ4v) is 3.69. The molecule has 0 aliphatic rings. The molecule has 136 valence electrons. The number of hydrogen-bond acceptors (Lipinski definition) is 6. The average molecular weight is 392 g/mol. The van der Waals surface area contributed by atoms with Gasteiger partial charge in [-0.15, -0.1) is 0 Å². The summed E-state index contributed by atoms with van der Waals surface area (Å²) < 4.78 is 1.74. The summed E-state index contributed by atoms with van der Waals surface area (Å²) in [5.41, 5.74) is 0.761. The summed E-state index contributed by atoms with van der Waals surface area (Å²) in [5, 5.41) is 4.08. The lowest BCUT2D eigenvalue weighted by atomic mass is 10.3. The van der Waals surface area contributed by atoms with Crippen molar-refractivity contribution in [1.82, 2.24) is 14.5 Å². The Balaban J connectivity index is 1.81. The van der Waals surface area contributed by atoms with Gasteiger partial charge in [-0.1, -0.05) is 22.9 Å². The van der Waals surface area contributed by atoms with E-state index in [1.165, 1.54) is 22.2 Å². The number of aromatic nitrogens is 3. The first kappa shape index (κ1) is 18.3. The van der Waals surface area contributed by atoms with Crippen molar-refractivity contribution in [2.45, 2.75) is 20.4 Å². The molecule has 26 heavy (non-hydrogen) atoms. The first-order valence-corrected chi connectivity index (χ1v) is 9.37. The maximum atomic E-state index is 12.7. The van der Waals surface area contributed by atoms with Crippen molar-refractivity contribution in [2.75, 3.05) is 23.3 Å². The molecular formula is C17H18ClN5O2S. The summed E-state index contributed by atoms with van der Waals surface area (Å²) in [5.74, 6) is -0.316. The van der Waals surface area contributed by atoms with E-state index in [1.807, 2.05) is 13.8 Å². The van der Waals surface area contributed by atoms with Gasteiger partial charge in [0.15, 0.2) is 10.8 Å². The molecule has 2 aromatic heterocycles. The molecule has 0 unspecified atom stereocenters. The van der Waals surface area contributed by atoms with Crippen molar-refractivity contribution in [3.8, 4) is 0 Å². The van der Waals surface area contributed by atoms with Crippen LogP contribution in [0.15, 0.2) is 35.4 Å². The van der Waals surface area contributed by atoms with Crippen LogP contribution in [-0.4, -0.2) is 33.5 Å². The normalized spacial score (nSPS) is 10.9. The van der Waals surface area contributed by atoms with Gasteiger partial charge in [0, 0.05) is 23.8 Å². The summed E-state index contributed by atoms with van der Waals surface area (Å²) in [6.07, 6.45) is 1.36. The molecule has 1 aromatic carbocycles. The zero-order chi connectivity index (χ0) is 18.7. The van der Waals surface area contributed by atoms with E-state index in [4.69, 9.17) is 11.6 Å². The number of anilines is 2. The number of hydrogen-bond donors (Lipinski definition) is 1. The van der Waals surface area contributed by atoms with Crippen molar-refractivity contribution in [1.29, 1.82) is 0 Å². The summed E-state index contributed by atoms with van der Waals surface area (Å²) in [6.45, 7) is 5.54. The lowest BCUT2D eigenvalue weighted by molar-refractivity contribution is -0.116. The largest absolute Gasteiger partial charge is 0.349 e. The third-order valence-electron chi connectivity index (χ3n) is 3.85. The number of carbonyl (C=O) groups excluding carboxylic acids is 1. The van der Waals surface area contributed by atoms with Gasteiger partial charge < -0.3 is 10.2 Å². The highest BCUT2D eigenvalue weighted by Gasteiger charge is 2.15. The molecule has 0 atom stereocenters. The molecule has 0 saturated heterocycles. The number of nitrogens with zero attached hydrogens (tertiary/aromatic N) is 4. The van der Waals surface area contributed by atoms with Crippen LogP contribution in [-0.2, 0) is 11.3 Å². The van der Waals surface area contributed by atoms with Gasteiger partial charge in [-0.25, -0.2) is 4.98 Å². The summed E-state index contributed by atoms with van der Waals surface area (Å²) in [6, 6.07) is 6.76. The highest BCUT2D eigenvalue weighted by molar-refractivity contribution is 7.22. The molecule has 0 aliphatic heterocycles. The van der Waals surface area contributed by atoms with E-state index in [2.05, 4.69) is 20.2 Å². The molecular weight excluding hydrogens is 374 g/mol. The van der Waals surface area contributed by atoms with Crippen LogP contribution in [0.1, 0.15) is 13.8 Å². The standard InChI is InChI=1S/C17H18ClN5O2S/c1-3-22(4-2)17-21-15-14(26-17)16(25)23(10-19-15)9-13(24)20-12-7-5-11(18)6-8-12/h5-8,10H,3-4,9H2,1-2H3,(H,20,24). The van der Waals surface area contributed by atoms with Crippen LogP contribution in [0.4, 0.5) is 10.8 Å². The minimum Gasteiger partial charge on any atom is -0.349 e. The number of fused-ring (bicyclic) bond motifs is 1. The van der Waals surface area contributed by atoms with E-state index in [0.717, 1.165) is 18.2 Å². The maximum Gasteiger partial charge on any atom is 0.273 e. The highest BCUT2D eigenvalue weighted by Crippen LogP contribution is 2.24. The molecule has 0 bridgehead atoms. The van der Waals surface area contributed by atoms with Gasteiger partial charge in [0.05, 0.1) is 0 Å². The SMILES string of the molecule is CCN(CC)c1nc2ncn(CC(=O)Nc3ccc(Cl)cc3)c(=O)c2s1. The predicted octanol–water partition coefficient (Wildman–Crippen LogP) is 2.99. The topological polar surface area (TPSA) is 80.1 Å². The second kappa shape index (κ2) is 7.84. The van der Waals surface area contributed by atoms with Gasteiger partial charge in [0.25, 0.3) is 5.56 Å². The van der Waals surface area contributed by atoms with Gasteiger partial charge in [0.1, 0.15) is 17.6 Å². The van der Waals surface area contributed by atoms with Crippen LogP contribution in [0.2, 0.25) is 5.02 Å². The summed E-state index contributed by atoms with van der Waals surface area (Å²) >= 11 is 7.13. The molecule has 0 saturated carbocycles. The lowest BCUT2D eigenvalue weighted by Crippen LogP contribution is -2.27. The van der Waals surface area contributed by atoms with Gasteiger partial charge in [-0.2, -0.15) is 4.98 Å². The van der Waals surface area contributed by atoms with E-state index in [0.29, 0.717) is 21.1 Å². The van der Waals surface area contributed by atoms with E-state index >= 15 is 0 Å². The first-order valence-electron chi connectivity index (χ1n) is 8.18. The number of thiazole rings is 1.